The van der Waals surface area contributed by atoms with E-state index in [4.69, 9.17) is 4.55 Å². The zero-order chi connectivity index (χ0) is 21.0. The van der Waals surface area contributed by atoms with Crippen molar-refractivity contribution < 1.29 is 13.0 Å². The summed E-state index contributed by atoms with van der Waals surface area (Å²) in [6.07, 6.45) is 1.39. The second-order valence-corrected chi connectivity index (χ2v) is 8.58. The molecular weight excluding hydrogens is 392 g/mol. The van der Waals surface area contributed by atoms with E-state index in [2.05, 4.69) is 54.3 Å². The van der Waals surface area contributed by atoms with Crippen molar-refractivity contribution in [3.63, 3.8) is 0 Å². The third-order valence-corrected chi connectivity index (χ3v) is 5.77. The maximum Gasteiger partial charge on any atom is 0.294 e. The Morgan fingerprint density at radius 2 is 1.40 bits per heavy atom. The largest absolute Gasteiger partial charge is 0.294 e. The molecule has 0 saturated heterocycles. The van der Waals surface area contributed by atoms with Gasteiger partial charge in [0.05, 0.1) is 4.90 Å². The molecule has 0 aliphatic heterocycles. The predicted octanol–water partition coefficient (Wildman–Crippen LogP) is 5.27. The highest BCUT2D eigenvalue weighted by Gasteiger charge is 2.08. The van der Waals surface area contributed by atoms with Gasteiger partial charge in [0.25, 0.3) is 10.1 Å². The Morgan fingerprint density at radius 3 is 2.13 bits per heavy atom. The van der Waals surface area contributed by atoms with E-state index in [0.717, 1.165) is 33.9 Å². The summed E-state index contributed by atoms with van der Waals surface area (Å²) in [7, 11) is -4.16. The van der Waals surface area contributed by atoms with E-state index in [1.165, 1.54) is 17.7 Å². The summed E-state index contributed by atoms with van der Waals surface area (Å²) in [5.74, 6) is 6.48. The summed E-state index contributed by atoms with van der Waals surface area (Å²) >= 11 is 0. The quantitative estimate of drug-likeness (QED) is 0.367. The molecule has 148 valence electrons. The van der Waals surface area contributed by atoms with Crippen molar-refractivity contribution in [2.45, 2.75) is 17.7 Å². The Labute approximate surface area is 176 Å². The Kier molecular flexibility index (Phi) is 5.67. The lowest BCUT2D eigenvalue weighted by Crippen LogP contribution is -1.98. The van der Waals surface area contributed by atoms with Crippen LogP contribution in [-0.4, -0.2) is 13.0 Å². The first-order valence-electron chi connectivity index (χ1n) is 9.59. The van der Waals surface area contributed by atoms with Gasteiger partial charge in [-0.3, -0.25) is 4.55 Å². The second kappa shape index (κ2) is 8.54. The molecule has 0 saturated carbocycles. The van der Waals surface area contributed by atoms with E-state index in [1.54, 1.807) is 12.1 Å². The molecule has 0 atom stereocenters. The molecule has 0 heterocycles. The van der Waals surface area contributed by atoms with Crippen LogP contribution >= 0.6 is 0 Å². The molecule has 0 aliphatic rings. The first-order chi connectivity index (χ1) is 14.5. The first-order valence-corrected chi connectivity index (χ1v) is 11.0. The Morgan fingerprint density at radius 1 is 0.700 bits per heavy atom. The van der Waals surface area contributed by atoms with Gasteiger partial charge >= 0.3 is 0 Å². The van der Waals surface area contributed by atoms with Gasteiger partial charge in [-0.15, -0.1) is 0 Å². The van der Waals surface area contributed by atoms with E-state index < -0.39 is 10.1 Å². The minimum Gasteiger partial charge on any atom is -0.282 e. The van der Waals surface area contributed by atoms with Crippen molar-refractivity contribution in [3.05, 3.63) is 113 Å². The fourth-order valence-electron chi connectivity index (χ4n) is 3.34. The third-order valence-electron chi connectivity index (χ3n) is 4.90. The SMILES string of the molecule is O=S(=O)(O)c1ccc(Cc2ccc3ccc(C#CCc4ccccc4)cc3c2)cc1. The van der Waals surface area contributed by atoms with Gasteiger partial charge in [-0.1, -0.05) is 78.6 Å². The predicted molar refractivity (Wildman–Crippen MR) is 120 cm³/mol. The van der Waals surface area contributed by atoms with Crippen LogP contribution in [0.5, 0.6) is 0 Å². The fraction of sp³-hybridized carbons (Fsp3) is 0.0769. The van der Waals surface area contributed by atoms with Crippen molar-refractivity contribution in [3.8, 4) is 11.8 Å². The molecule has 0 aromatic heterocycles. The third kappa shape index (κ3) is 4.96. The number of hydrogen-bond donors (Lipinski definition) is 1. The van der Waals surface area contributed by atoms with Crippen LogP contribution in [-0.2, 0) is 23.0 Å². The topological polar surface area (TPSA) is 54.4 Å². The lowest BCUT2D eigenvalue weighted by Gasteiger charge is -2.06. The molecule has 0 bridgehead atoms. The summed E-state index contributed by atoms with van der Waals surface area (Å²) in [6.45, 7) is 0. The zero-order valence-electron chi connectivity index (χ0n) is 16.2. The molecule has 0 radical (unpaired) electrons. The number of hydrogen-bond acceptors (Lipinski definition) is 2. The standard InChI is InChI=1S/C26H20O3S/c27-30(28,29)26-15-11-22(12-16-26)17-23-10-14-24-13-9-21(18-25(24)19-23)8-4-7-20-5-2-1-3-6-20/h1-3,5-6,9-16,18-19H,7,17H2,(H,27,28,29). The van der Waals surface area contributed by atoms with E-state index in [0.29, 0.717) is 6.42 Å². The van der Waals surface area contributed by atoms with Crippen molar-refractivity contribution in [2.24, 2.45) is 0 Å². The fourth-order valence-corrected chi connectivity index (χ4v) is 3.82. The molecular formula is C26H20O3S. The van der Waals surface area contributed by atoms with Gasteiger partial charge in [-0.25, -0.2) is 0 Å². The van der Waals surface area contributed by atoms with Gasteiger partial charge in [0.1, 0.15) is 0 Å². The number of fused-ring (bicyclic) bond motifs is 1. The van der Waals surface area contributed by atoms with Gasteiger partial charge in [0, 0.05) is 12.0 Å². The Balaban J connectivity index is 1.53. The zero-order valence-corrected chi connectivity index (χ0v) is 17.1. The molecule has 0 spiro atoms. The lowest BCUT2D eigenvalue weighted by atomic mass is 10.00. The van der Waals surface area contributed by atoms with Crippen LogP contribution < -0.4 is 0 Å². The molecule has 0 aliphatic carbocycles. The highest BCUT2D eigenvalue weighted by Crippen LogP contribution is 2.20. The summed E-state index contributed by atoms with van der Waals surface area (Å²) in [5, 5.41) is 2.27. The smallest absolute Gasteiger partial charge is 0.282 e. The van der Waals surface area contributed by atoms with Gasteiger partial charge in [-0.05, 0) is 58.1 Å². The summed E-state index contributed by atoms with van der Waals surface area (Å²) in [6, 6.07) is 29.0. The molecule has 4 aromatic rings. The molecule has 3 nitrogen and oxygen atoms in total. The summed E-state index contributed by atoms with van der Waals surface area (Å²) < 4.78 is 31.5. The number of benzene rings is 4. The monoisotopic (exact) mass is 412 g/mol. The normalized spacial score (nSPS) is 11.1. The average Bonchev–Trinajstić information content (AvgIpc) is 2.74. The molecule has 0 amide bonds. The van der Waals surface area contributed by atoms with Crippen LogP contribution in [0.3, 0.4) is 0 Å². The van der Waals surface area contributed by atoms with E-state index in [1.807, 2.05) is 24.3 Å². The lowest BCUT2D eigenvalue weighted by molar-refractivity contribution is 0.483. The van der Waals surface area contributed by atoms with Crippen molar-refractivity contribution in [2.75, 3.05) is 0 Å². The maximum absolute atomic E-state index is 11.2. The Bertz CT molecular complexity index is 1340. The van der Waals surface area contributed by atoms with Crippen molar-refractivity contribution >= 4 is 20.9 Å². The highest BCUT2D eigenvalue weighted by molar-refractivity contribution is 7.85. The molecule has 4 heteroatoms. The maximum atomic E-state index is 11.2. The van der Waals surface area contributed by atoms with Crippen LogP contribution in [0, 0.1) is 11.8 Å². The minimum absolute atomic E-state index is 0.0940. The van der Waals surface area contributed by atoms with Crippen LogP contribution in [0.25, 0.3) is 10.8 Å². The molecule has 0 fully saturated rings. The minimum atomic E-state index is -4.16. The first kappa shape index (κ1) is 19.9. The van der Waals surface area contributed by atoms with Crippen molar-refractivity contribution in [1.29, 1.82) is 0 Å². The van der Waals surface area contributed by atoms with Crippen LogP contribution in [0.4, 0.5) is 0 Å². The average molecular weight is 413 g/mol. The van der Waals surface area contributed by atoms with Gasteiger partial charge in [0.2, 0.25) is 0 Å². The van der Waals surface area contributed by atoms with E-state index >= 15 is 0 Å². The second-order valence-electron chi connectivity index (χ2n) is 7.16. The van der Waals surface area contributed by atoms with Crippen LogP contribution in [0.2, 0.25) is 0 Å². The van der Waals surface area contributed by atoms with Crippen LogP contribution in [0.15, 0.2) is 95.9 Å². The molecule has 4 aromatic carbocycles. The molecule has 4 rings (SSSR count). The molecule has 30 heavy (non-hydrogen) atoms. The number of rotatable bonds is 4. The molecule has 0 unspecified atom stereocenters. The summed E-state index contributed by atoms with van der Waals surface area (Å²) in [4.78, 5) is -0.0940. The van der Waals surface area contributed by atoms with Gasteiger partial charge < -0.3 is 0 Å². The highest BCUT2D eigenvalue weighted by atomic mass is 32.2. The van der Waals surface area contributed by atoms with E-state index in [-0.39, 0.29) is 4.90 Å². The van der Waals surface area contributed by atoms with Gasteiger partial charge in [0.15, 0.2) is 0 Å². The van der Waals surface area contributed by atoms with E-state index in [9.17, 15) is 8.42 Å². The Hall–Kier alpha value is -3.39. The molecule has 1 N–H and O–H groups in total. The summed E-state index contributed by atoms with van der Waals surface area (Å²) in [5.41, 5.74) is 4.28. The van der Waals surface area contributed by atoms with Crippen molar-refractivity contribution in [1.82, 2.24) is 0 Å². The van der Waals surface area contributed by atoms with Crippen LogP contribution in [0.1, 0.15) is 22.3 Å². The van der Waals surface area contributed by atoms with Gasteiger partial charge in [-0.2, -0.15) is 8.42 Å².